The molecule has 1 aromatic rings. The largest absolute Gasteiger partial charge is 0.388 e. The van der Waals surface area contributed by atoms with E-state index in [4.69, 9.17) is 0 Å². The van der Waals surface area contributed by atoms with Gasteiger partial charge in [0.2, 0.25) is 0 Å². The van der Waals surface area contributed by atoms with Gasteiger partial charge in [-0.1, -0.05) is 12.1 Å². The van der Waals surface area contributed by atoms with Gasteiger partial charge in [-0.3, -0.25) is 4.90 Å². The first kappa shape index (κ1) is 20.4. The standard InChI is InChI=1S/C21H29N3O4S/c1-21(9-4-11-24(21)2)10-12-29(27,28)23-20(26)22-19-16-6-3-5-14(16)13-15-7-8-17(25)18(15)19/h10,12-13,17,25H,3-9,11H2,1-2H3,(H2,22,23,26)/b12-10+/t17?,21-/m1/s1. The molecule has 1 saturated heterocycles. The highest BCUT2D eigenvalue weighted by Gasteiger charge is 2.32. The van der Waals surface area contributed by atoms with Crippen LogP contribution in [-0.4, -0.2) is 43.6 Å². The number of likely N-dealkylation sites (N-methyl/N-ethyl adjacent to an activating group) is 1. The highest BCUT2D eigenvalue weighted by molar-refractivity contribution is 7.92. The fourth-order valence-corrected chi connectivity index (χ4v) is 5.71. The van der Waals surface area contributed by atoms with Crippen LogP contribution in [0.4, 0.5) is 10.5 Å². The van der Waals surface area contributed by atoms with Gasteiger partial charge in [0.05, 0.1) is 11.8 Å². The number of aliphatic hydroxyl groups is 1. The van der Waals surface area contributed by atoms with Gasteiger partial charge < -0.3 is 10.4 Å². The number of likely N-dealkylation sites (tertiary alicyclic amines) is 1. The number of fused-ring (bicyclic) bond motifs is 2. The number of sulfonamides is 1. The molecule has 8 heteroatoms. The van der Waals surface area contributed by atoms with Crippen molar-refractivity contribution in [2.24, 2.45) is 0 Å². The number of amides is 2. The first-order valence-corrected chi connectivity index (χ1v) is 11.8. The summed E-state index contributed by atoms with van der Waals surface area (Å²) in [6.07, 6.45) is 7.08. The summed E-state index contributed by atoms with van der Waals surface area (Å²) in [6.45, 7) is 2.91. The van der Waals surface area contributed by atoms with E-state index in [0.717, 1.165) is 67.2 Å². The molecular formula is C21H29N3O4S. The molecular weight excluding hydrogens is 390 g/mol. The molecule has 1 aliphatic heterocycles. The number of anilines is 1. The summed E-state index contributed by atoms with van der Waals surface area (Å²) in [4.78, 5) is 14.7. The molecule has 0 radical (unpaired) electrons. The first-order chi connectivity index (χ1) is 13.7. The summed E-state index contributed by atoms with van der Waals surface area (Å²) in [5.41, 5.74) is 4.28. The number of carbonyl (C=O) groups is 1. The Morgan fingerprint density at radius 3 is 2.79 bits per heavy atom. The molecule has 1 aromatic carbocycles. The third-order valence-corrected chi connectivity index (χ3v) is 7.64. The lowest BCUT2D eigenvalue weighted by molar-refractivity contribution is 0.180. The Hall–Kier alpha value is -1.90. The van der Waals surface area contributed by atoms with E-state index >= 15 is 0 Å². The fourth-order valence-electron chi connectivity index (χ4n) is 4.86. The second-order valence-corrected chi connectivity index (χ2v) is 10.2. The van der Waals surface area contributed by atoms with Gasteiger partial charge in [0.1, 0.15) is 0 Å². The van der Waals surface area contributed by atoms with E-state index in [-0.39, 0.29) is 5.54 Å². The predicted octanol–water partition coefficient (Wildman–Crippen LogP) is 2.60. The van der Waals surface area contributed by atoms with Crippen molar-refractivity contribution >= 4 is 21.7 Å². The molecule has 2 amide bonds. The van der Waals surface area contributed by atoms with E-state index in [9.17, 15) is 18.3 Å². The van der Waals surface area contributed by atoms with Crippen LogP contribution in [0.5, 0.6) is 0 Å². The number of nitrogens with one attached hydrogen (secondary N) is 2. The normalized spacial score (nSPS) is 26.7. The third-order valence-electron chi connectivity index (χ3n) is 6.67. The first-order valence-electron chi connectivity index (χ1n) is 10.3. The van der Waals surface area contributed by atoms with Crippen molar-refractivity contribution in [1.29, 1.82) is 0 Å². The molecule has 3 N–H and O–H groups in total. The lowest BCUT2D eigenvalue weighted by Crippen LogP contribution is -2.37. The molecule has 0 saturated carbocycles. The van der Waals surface area contributed by atoms with Crippen molar-refractivity contribution in [2.75, 3.05) is 18.9 Å². The average Bonchev–Trinajstić information content (AvgIpc) is 3.34. The zero-order chi connectivity index (χ0) is 20.8. The zero-order valence-corrected chi connectivity index (χ0v) is 17.8. The van der Waals surface area contributed by atoms with Crippen LogP contribution >= 0.6 is 0 Å². The number of rotatable bonds is 4. The minimum absolute atomic E-state index is 0.323. The van der Waals surface area contributed by atoms with Crippen molar-refractivity contribution in [3.05, 3.63) is 39.8 Å². The summed E-state index contributed by atoms with van der Waals surface area (Å²) < 4.78 is 27.0. The molecule has 29 heavy (non-hydrogen) atoms. The number of aryl methyl sites for hydroxylation is 2. The maximum atomic E-state index is 12.5. The lowest BCUT2D eigenvalue weighted by atomic mass is 9.98. The zero-order valence-electron chi connectivity index (χ0n) is 17.0. The molecule has 2 aliphatic carbocycles. The fraction of sp³-hybridized carbons (Fsp3) is 0.571. The average molecular weight is 420 g/mol. The van der Waals surface area contributed by atoms with E-state index in [1.807, 2.05) is 14.0 Å². The van der Waals surface area contributed by atoms with Crippen molar-refractivity contribution in [3.63, 3.8) is 0 Å². The Morgan fingerprint density at radius 2 is 2.07 bits per heavy atom. The van der Waals surface area contributed by atoms with Gasteiger partial charge in [0, 0.05) is 16.5 Å². The van der Waals surface area contributed by atoms with Crippen LogP contribution in [0.2, 0.25) is 0 Å². The van der Waals surface area contributed by atoms with E-state index in [1.54, 1.807) is 6.08 Å². The third kappa shape index (κ3) is 3.93. The Balaban J connectivity index is 1.52. The number of carbonyl (C=O) groups excluding carboxylic acids is 1. The molecule has 0 spiro atoms. The predicted molar refractivity (Wildman–Crippen MR) is 112 cm³/mol. The lowest BCUT2D eigenvalue weighted by Gasteiger charge is -2.28. The van der Waals surface area contributed by atoms with E-state index in [2.05, 4.69) is 21.0 Å². The van der Waals surface area contributed by atoms with Crippen molar-refractivity contribution < 1.29 is 18.3 Å². The maximum absolute atomic E-state index is 12.5. The summed E-state index contributed by atoms with van der Waals surface area (Å²) >= 11 is 0. The van der Waals surface area contributed by atoms with Crippen molar-refractivity contribution in [2.45, 2.75) is 63.5 Å². The molecule has 0 aromatic heterocycles. The summed E-state index contributed by atoms with van der Waals surface area (Å²) in [6, 6.07) is 1.34. The van der Waals surface area contributed by atoms with Crippen LogP contribution < -0.4 is 10.0 Å². The van der Waals surface area contributed by atoms with Crippen LogP contribution in [0, 0.1) is 0 Å². The Bertz CT molecular complexity index is 973. The summed E-state index contributed by atoms with van der Waals surface area (Å²) in [5.74, 6) is 0. The second kappa shape index (κ2) is 7.41. The second-order valence-electron chi connectivity index (χ2n) is 8.66. The van der Waals surface area contributed by atoms with Gasteiger partial charge >= 0.3 is 6.03 Å². The quantitative estimate of drug-likeness (QED) is 0.697. The molecule has 3 aliphatic rings. The summed E-state index contributed by atoms with van der Waals surface area (Å²) in [7, 11) is -1.96. The van der Waals surface area contributed by atoms with Gasteiger partial charge in [0.15, 0.2) is 0 Å². The number of benzene rings is 1. The minimum atomic E-state index is -3.92. The van der Waals surface area contributed by atoms with E-state index in [1.165, 1.54) is 5.56 Å². The van der Waals surface area contributed by atoms with Crippen LogP contribution in [0.3, 0.4) is 0 Å². The highest BCUT2D eigenvalue weighted by atomic mass is 32.2. The van der Waals surface area contributed by atoms with Gasteiger partial charge in [-0.05, 0) is 82.2 Å². The Morgan fingerprint density at radius 1 is 1.28 bits per heavy atom. The number of hydrogen-bond acceptors (Lipinski definition) is 5. The molecule has 158 valence electrons. The topological polar surface area (TPSA) is 98.7 Å². The molecule has 1 unspecified atom stereocenters. The van der Waals surface area contributed by atoms with Crippen molar-refractivity contribution in [1.82, 2.24) is 9.62 Å². The van der Waals surface area contributed by atoms with Gasteiger partial charge in [0.25, 0.3) is 10.0 Å². The van der Waals surface area contributed by atoms with E-state index < -0.39 is 22.2 Å². The maximum Gasteiger partial charge on any atom is 0.333 e. The number of nitrogens with zero attached hydrogens (tertiary/aromatic N) is 1. The van der Waals surface area contributed by atoms with Gasteiger partial charge in [-0.2, -0.15) is 0 Å². The summed E-state index contributed by atoms with van der Waals surface area (Å²) in [5, 5.41) is 14.2. The van der Waals surface area contributed by atoms with Crippen LogP contribution in [0.25, 0.3) is 0 Å². The van der Waals surface area contributed by atoms with Crippen LogP contribution in [0.1, 0.15) is 61.0 Å². The van der Waals surface area contributed by atoms with Crippen LogP contribution in [-0.2, 0) is 29.3 Å². The Kier molecular flexibility index (Phi) is 5.21. The Labute approximate surface area is 172 Å². The number of aliphatic hydroxyl groups excluding tert-OH is 1. The SMILES string of the molecule is CN1CCC[C@]1(C)/C=C/S(=O)(=O)NC(=O)Nc1c2c(cc3c1C(O)CC3)CCC2. The van der Waals surface area contributed by atoms with E-state index in [0.29, 0.717) is 12.1 Å². The van der Waals surface area contributed by atoms with Crippen LogP contribution in [0.15, 0.2) is 17.6 Å². The monoisotopic (exact) mass is 419 g/mol. The highest BCUT2D eigenvalue weighted by Crippen LogP contribution is 2.43. The van der Waals surface area contributed by atoms with Crippen molar-refractivity contribution in [3.8, 4) is 0 Å². The number of hydrogen-bond donors (Lipinski definition) is 3. The molecule has 7 nitrogen and oxygen atoms in total. The molecule has 0 bridgehead atoms. The smallest absolute Gasteiger partial charge is 0.333 e. The molecule has 1 fully saturated rings. The molecule has 1 heterocycles. The van der Waals surface area contributed by atoms with Gasteiger partial charge in [-0.15, -0.1) is 0 Å². The minimum Gasteiger partial charge on any atom is -0.388 e. The molecule has 4 rings (SSSR count). The van der Waals surface area contributed by atoms with Gasteiger partial charge in [-0.25, -0.2) is 17.9 Å². The number of urea groups is 1. The molecule has 2 atom stereocenters.